The maximum absolute atomic E-state index is 11.0. The van der Waals surface area contributed by atoms with Crippen LogP contribution in [0.4, 0.5) is 11.6 Å². The van der Waals surface area contributed by atoms with Crippen molar-refractivity contribution >= 4 is 17.5 Å². The fourth-order valence-corrected chi connectivity index (χ4v) is 1.64. The van der Waals surface area contributed by atoms with E-state index in [9.17, 15) is 14.9 Å². The minimum absolute atomic E-state index is 0.0292. The van der Waals surface area contributed by atoms with E-state index in [-0.39, 0.29) is 28.8 Å². The largest absolute Gasteiger partial charge is 0.439 e. The number of benzene rings is 1. The van der Waals surface area contributed by atoms with Crippen LogP contribution < -0.4 is 5.32 Å². The third kappa shape index (κ3) is 2.64. The molecule has 20 heavy (non-hydrogen) atoms. The van der Waals surface area contributed by atoms with Gasteiger partial charge in [-0.15, -0.1) is 0 Å². The van der Waals surface area contributed by atoms with Crippen LogP contribution in [-0.4, -0.2) is 10.8 Å². The molecular weight excluding hydrogens is 262 g/mol. The number of nitro groups is 1. The van der Waals surface area contributed by atoms with Gasteiger partial charge < -0.3 is 4.42 Å². The molecule has 1 aromatic heterocycles. The van der Waals surface area contributed by atoms with Gasteiger partial charge in [-0.2, -0.15) is 5.26 Å². The fourth-order valence-electron chi connectivity index (χ4n) is 1.64. The molecule has 1 N–H and O–H groups in total. The number of carbonyl (C=O) groups is 1. The van der Waals surface area contributed by atoms with Gasteiger partial charge in [-0.1, -0.05) is 12.1 Å². The average molecular weight is 271 g/mol. The Hall–Kier alpha value is -3.14. The van der Waals surface area contributed by atoms with Crippen LogP contribution in [0.3, 0.4) is 0 Å². The molecule has 100 valence electrons. The van der Waals surface area contributed by atoms with Crippen molar-refractivity contribution in [2.75, 3.05) is 5.32 Å². The number of furan rings is 1. The Balaban J connectivity index is 2.46. The number of nitriles is 1. The summed E-state index contributed by atoms with van der Waals surface area (Å²) in [5.41, 5.74) is 0.521. The van der Waals surface area contributed by atoms with Crippen LogP contribution in [-0.2, 0) is 4.79 Å². The van der Waals surface area contributed by atoms with Crippen LogP contribution in [0.2, 0.25) is 0 Å². The van der Waals surface area contributed by atoms with Crippen molar-refractivity contribution in [1.29, 1.82) is 5.26 Å². The van der Waals surface area contributed by atoms with Crippen molar-refractivity contribution in [3.63, 3.8) is 0 Å². The molecule has 0 saturated heterocycles. The van der Waals surface area contributed by atoms with Gasteiger partial charge in [0.25, 0.3) is 5.69 Å². The number of rotatable bonds is 3. The normalized spacial score (nSPS) is 9.80. The zero-order chi connectivity index (χ0) is 14.7. The highest BCUT2D eigenvalue weighted by atomic mass is 16.6. The first kappa shape index (κ1) is 13.3. The summed E-state index contributed by atoms with van der Waals surface area (Å²) in [5, 5.41) is 22.1. The standard InChI is InChI=1S/C13H9N3O4/c1-8(17)15-13-10(7-14)6-12(20-13)9-3-2-4-11(5-9)16(18)19/h2-6H,1H3,(H,15,17). The number of hydrogen-bond donors (Lipinski definition) is 1. The van der Waals surface area contributed by atoms with Gasteiger partial charge in [-0.05, 0) is 0 Å². The molecule has 0 bridgehead atoms. The third-order valence-corrected chi connectivity index (χ3v) is 2.48. The molecule has 0 radical (unpaired) electrons. The third-order valence-electron chi connectivity index (χ3n) is 2.48. The molecule has 1 heterocycles. The molecule has 1 amide bonds. The topological polar surface area (TPSA) is 109 Å². The summed E-state index contributed by atoms with van der Waals surface area (Å²) in [6.45, 7) is 1.29. The lowest BCUT2D eigenvalue weighted by molar-refractivity contribution is -0.384. The Kier molecular flexibility index (Phi) is 3.48. The molecule has 0 aliphatic rings. The van der Waals surface area contributed by atoms with Gasteiger partial charge in [0, 0.05) is 30.7 Å². The number of nitro benzene ring substituents is 1. The molecule has 0 unspecified atom stereocenters. The number of nitrogens with one attached hydrogen (secondary N) is 1. The van der Waals surface area contributed by atoms with E-state index in [0.29, 0.717) is 5.56 Å². The SMILES string of the molecule is CC(=O)Nc1oc(-c2cccc([N+](=O)[O-])c2)cc1C#N. The van der Waals surface area contributed by atoms with E-state index in [1.807, 2.05) is 6.07 Å². The molecule has 2 rings (SSSR count). The van der Waals surface area contributed by atoms with Gasteiger partial charge in [0.05, 0.1) is 4.92 Å². The van der Waals surface area contributed by atoms with E-state index < -0.39 is 4.92 Å². The average Bonchev–Trinajstić information content (AvgIpc) is 2.81. The Morgan fingerprint density at radius 1 is 1.45 bits per heavy atom. The summed E-state index contributed by atoms with van der Waals surface area (Å²) in [6, 6.07) is 9.12. The highest BCUT2D eigenvalue weighted by Gasteiger charge is 2.15. The zero-order valence-corrected chi connectivity index (χ0v) is 10.4. The van der Waals surface area contributed by atoms with Crippen LogP contribution in [0.15, 0.2) is 34.7 Å². The quantitative estimate of drug-likeness (QED) is 0.681. The van der Waals surface area contributed by atoms with Gasteiger partial charge in [0.15, 0.2) is 0 Å². The first-order valence-electron chi connectivity index (χ1n) is 5.57. The Labute approximate surface area is 113 Å². The van der Waals surface area contributed by atoms with E-state index in [1.54, 1.807) is 6.07 Å². The highest BCUT2D eigenvalue weighted by Crippen LogP contribution is 2.30. The van der Waals surface area contributed by atoms with E-state index in [2.05, 4.69) is 5.32 Å². The predicted molar refractivity (Wildman–Crippen MR) is 69.8 cm³/mol. The van der Waals surface area contributed by atoms with Gasteiger partial charge in [0.2, 0.25) is 11.8 Å². The van der Waals surface area contributed by atoms with Crippen LogP contribution in [0.5, 0.6) is 0 Å². The van der Waals surface area contributed by atoms with Crippen molar-refractivity contribution in [2.24, 2.45) is 0 Å². The van der Waals surface area contributed by atoms with E-state index in [1.165, 1.54) is 31.2 Å². The number of hydrogen-bond acceptors (Lipinski definition) is 5. The number of anilines is 1. The molecule has 1 aromatic carbocycles. The summed E-state index contributed by atoms with van der Waals surface area (Å²) in [4.78, 5) is 21.2. The number of amides is 1. The number of non-ortho nitro benzene ring substituents is 1. The van der Waals surface area contributed by atoms with Gasteiger partial charge >= 0.3 is 0 Å². The van der Waals surface area contributed by atoms with Crippen molar-refractivity contribution in [3.05, 3.63) is 46.0 Å². The second-order valence-electron chi connectivity index (χ2n) is 3.95. The van der Waals surface area contributed by atoms with Crippen molar-refractivity contribution in [2.45, 2.75) is 6.92 Å². The first-order chi connectivity index (χ1) is 9.51. The van der Waals surface area contributed by atoms with Gasteiger partial charge in [0.1, 0.15) is 17.4 Å². The first-order valence-corrected chi connectivity index (χ1v) is 5.57. The molecule has 2 aromatic rings. The molecule has 7 nitrogen and oxygen atoms in total. The monoisotopic (exact) mass is 271 g/mol. The minimum atomic E-state index is -0.521. The lowest BCUT2D eigenvalue weighted by atomic mass is 10.1. The smallest absolute Gasteiger partial charge is 0.270 e. The number of nitrogens with zero attached hydrogens (tertiary/aromatic N) is 2. The predicted octanol–water partition coefficient (Wildman–Crippen LogP) is 2.68. The van der Waals surface area contributed by atoms with Crippen LogP contribution in [0.25, 0.3) is 11.3 Å². The minimum Gasteiger partial charge on any atom is -0.439 e. The van der Waals surface area contributed by atoms with Gasteiger partial charge in [-0.25, -0.2) is 0 Å². The Morgan fingerprint density at radius 2 is 2.20 bits per heavy atom. The summed E-state index contributed by atoms with van der Waals surface area (Å²) in [5.74, 6) is -0.0723. The summed E-state index contributed by atoms with van der Waals surface area (Å²) >= 11 is 0. The van der Waals surface area contributed by atoms with E-state index >= 15 is 0 Å². The zero-order valence-electron chi connectivity index (χ0n) is 10.4. The molecule has 0 saturated carbocycles. The van der Waals surface area contributed by atoms with Crippen molar-refractivity contribution < 1.29 is 14.1 Å². The van der Waals surface area contributed by atoms with Gasteiger partial charge in [-0.3, -0.25) is 20.2 Å². The van der Waals surface area contributed by atoms with Crippen LogP contribution in [0, 0.1) is 21.4 Å². The Bertz CT molecular complexity index is 727. The summed E-state index contributed by atoms with van der Waals surface area (Å²) in [6.07, 6.45) is 0. The maximum Gasteiger partial charge on any atom is 0.270 e. The fraction of sp³-hybridized carbons (Fsp3) is 0.0769. The van der Waals surface area contributed by atoms with Crippen LogP contribution in [0.1, 0.15) is 12.5 Å². The van der Waals surface area contributed by atoms with Crippen LogP contribution >= 0.6 is 0 Å². The second kappa shape index (κ2) is 5.24. The molecular formula is C13H9N3O4. The molecule has 0 aliphatic carbocycles. The maximum atomic E-state index is 11.0. The lowest BCUT2D eigenvalue weighted by Crippen LogP contribution is -2.05. The van der Waals surface area contributed by atoms with E-state index in [0.717, 1.165) is 0 Å². The van der Waals surface area contributed by atoms with Crippen molar-refractivity contribution in [1.82, 2.24) is 0 Å². The molecule has 0 fully saturated rings. The van der Waals surface area contributed by atoms with E-state index in [4.69, 9.17) is 9.68 Å². The molecule has 7 heteroatoms. The summed E-state index contributed by atoms with van der Waals surface area (Å²) < 4.78 is 5.36. The summed E-state index contributed by atoms with van der Waals surface area (Å²) in [7, 11) is 0. The molecule has 0 atom stereocenters. The molecule has 0 aliphatic heterocycles. The highest BCUT2D eigenvalue weighted by molar-refractivity contribution is 5.89. The van der Waals surface area contributed by atoms with Crippen molar-refractivity contribution in [3.8, 4) is 17.4 Å². The lowest BCUT2D eigenvalue weighted by Gasteiger charge is -1.98. The number of carbonyl (C=O) groups excluding carboxylic acids is 1. The second-order valence-corrected chi connectivity index (χ2v) is 3.95. The molecule has 0 spiro atoms. The Morgan fingerprint density at radius 3 is 2.80 bits per heavy atom.